The average molecular weight is 298 g/mol. The molecule has 2 amide bonds. The van der Waals surface area contributed by atoms with Crippen LogP contribution in [0.1, 0.15) is 33.1 Å². The molecule has 6 heteroatoms. The Morgan fingerprint density at radius 2 is 2.14 bits per heavy atom. The van der Waals surface area contributed by atoms with Gasteiger partial charge in [-0.05, 0) is 31.7 Å². The summed E-state index contributed by atoms with van der Waals surface area (Å²) in [6.45, 7) is 6.84. The second-order valence-electron chi connectivity index (χ2n) is 6.09. The molecule has 0 aromatic rings. The molecule has 1 rings (SSSR count). The lowest BCUT2D eigenvalue weighted by Crippen LogP contribution is -2.51. The first-order chi connectivity index (χ1) is 9.97. The van der Waals surface area contributed by atoms with E-state index >= 15 is 0 Å². The third-order valence-corrected chi connectivity index (χ3v) is 4.09. The van der Waals surface area contributed by atoms with E-state index in [1.54, 1.807) is 7.05 Å². The molecule has 1 fully saturated rings. The first kappa shape index (κ1) is 17.9. The van der Waals surface area contributed by atoms with Gasteiger partial charge in [-0.15, -0.1) is 0 Å². The number of nitrogens with two attached hydrogens (primary N) is 1. The number of hydrogen-bond acceptors (Lipinski definition) is 4. The van der Waals surface area contributed by atoms with Crippen LogP contribution in [0.4, 0.5) is 0 Å². The third-order valence-electron chi connectivity index (χ3n) is 4.09. The molecule has 0 aliphatic carbocycles. The predicted octanol–water partition coefficient (Wildman–Crippen LogP) is 0.0302. The summed E-state index contributed by atoms with van der Waals surface area (Å²) in [7, 11) is 1.68. The number of likely N-dealkylation sites (N-methyl/N-ethyl adjacent to an activating group) is 1. The van der Waals surface area contributed by atoms with Crippen molar-refractivity contribution in [2.75, 3.05) is 39.8 Å². The smallest absolute Gasteiger partial charge is 0.239 e. The van der Waals surface area contributed by atoms with Gasteiger partial charge in [0, 0.05) is 26.2 Å². The van der Waals surface area contributed by atoms with Crippen LogP contribution in [0.25, 0.3) is 0 Å². The topological polar surface area (TPSA) is 78.7 Å². The Labute approximate surface area is 128 Å². The van der Waals surface area contributed by atoms with E-state index in [2.05, 4.69) is 17.1 Å². The molecular weight excluding hydrogens is 268 g/mol. The summed E-state index contributed by atoms with van der Waals surface area (Å²) in [5.41, 5.74) is 5.81. The van der Waals surface area contributed by atoms with Crippen molar-refractivity contribution in [1.29, 1.82) is 0 Å². The van der Waals surface area contributed by atoms with Crippen molar-refractivity contribution in [3.05, 3.63) is 0 Å². The quantitative estimate of drug-likeness (QED) is 0.695. The van der Waals surface area contributed by atoms with Gasteiger partial charge in [0.25, 0.3) is 0 Å². The van der Waals surface area contributed by atoms with Crippen LogP contribution in [0.5, 0.6) is 0 Å². The lowest BCUT2D eigenvalue weighted by atomic mass is 9.92. The van der Waals surface area contributed by atoms with Crippen LogP contribution in [-0.4, -0.2) is 67.4 Å². The fourth-order valence-corrected chi connectivity index (χ4v) is 2.67. The monoisotopic (exact) mass is 298 g/mol. The maximum absolute atomic E-state index is 12.2. The van der Waals surface area contributed by atoms with Gasteiger partial charge in [0.15, 0.2) is 0 Å². The second kappa shape index (κ2) is 9.00. The van der Waals surface area contributed by atoms with Crippen LogP contribution < -0.4 is 11.1 Å². The minimum Gasteiger partial charge on any atom is -0.355 e. The Morgan fingerprint density at radius 1 is 1.43 bits per heavy atom. The van der Waals surface area contributed by atoms with E-state index in [0.29, 0.717) is 25.6 Å². The molecule has 0 saturated carbocycles. The highest BCUT2D eigenvalue weighted by atomic mass is 16.2. The van der Waals surface area contributed by atoms with Gasteiger partial charge in [-0.1, -0.05) is 13.8 Å². The Bertz CT molecular complexity index is 349. The highest BCUT2D eigenvalue weighted by Gasteiger charge is 2.27. The molecule has 122 valence electrons. The molecule has 0 radical (unpaired) electrons. The van der Waals surface area contributed by atoms with Gasteiger partial charge in [0.1, 0.15) is 0 Å². The van der Waals surface area contributed by atoms with Gasteiger partial charge in [0.05, 0.1) is 13.1 Å². The van der Waals surface area contributed by atoms with Gasteiger partial charge in [-0.25, -0.2) is 0 Å². The normalized spacial score (nSPS) is 22.9. The highest BCUT2D eigenvalue weighted by Crippen LogP contribution is 2.21. The highest BCUT2D eigenvalue weighted by molar-refractivity contribution is 5.85. The SMILES string of the molecule is CCCNC(=O)CN(C)C(=O)CN1CCC(C)CC1CN. The second-order valence-corrected chi connectivity index (χ2v) is 6.09. The standard InChI is InChI=1S/C15H30N4O2/c1-4-6-17-14(20)10-18(3)15(21)11-19-7-5-12(2)8-13(19)9-16/h12-13H,4-11,16H2,1-3H3,(H,17,20). The fraction of sp³-hybridized carbons (Fsp3) is 0.867. The van der Waals surface area contributed by atoms with Crippen molar-refractivity contribution in [2.24, 2.45) is 11.7 Å². The molecular formula is C15H30N4O2. The largest absolute Gasteiger partial charge is 0.355 e. The minimum atomic E-state index is -0.102. The summed E-state index contributed by atoms with van der Waals surface area (Å²) in [5.74, 6) is 0.549. The van der Waals surface area contributed by atoms with Crippen molar-refractivity contribution in [1.82, 2.24) is 15.1 Å². The van der Waals surface area contributed by atoms with E-state index < -0.39 is 0 Å². The Kier molecular flexibility index (Phi) is 7.67. The number of amides is 2. The first-order valence-electron chi connectivity index (χ1n) is 7.92. The van der Waals surface area contributed by atoms with E-state index in [-0.39, 0.29) is 24.4 Å². The zero-order chi connectivity index (χ0) is 15.8. The molecule has 1 aliphatic rings. The number of rotatable bonds is 7. The number of carbonyl (C=O) groups excluding carboxylic acids is 2. The molecule has 2 atom stereocenters. The van der Waals surface area contributed by atoms with E-state index in [0.717, 1.165) is 25.8 Å². The molecule has 0 spiro atoms. The van der Waals surface area contributed by atoms with Crippen molar-refractivity contribution in [3.8, 4) is 0 Å². The molecule has 21 heavy (non-hydrogen) atoms. The van der Waals surface area contributed by atoms with Crippen molar-refractivity contribution in [3.63, 3.8) is 0 Å². The average Bonchev–Trinajstić information content (AvgIpc) is 2.46. The molecule has 1 heterocycles. The van der Waals surface area contributed by atoms with Gasteiger partial charge < -0.3 is 16.0 Å². The summed E-state index contributed by atoms with van der Waals surface area (Å²) >= 11 is 0. The lowest BCUT2D eigenvalue weighted by Gasteiger charge is -2.38. The van der Waals surface area contributed by atoms with Gasteiger partial charge in [-0.2, -0.15) is 0 Å². The van der Waals surface area contributed by atoms with E-state index in [4.69, 9.17) is 5.73 Å². The number of likely N-dealkylation sites (tertiary alicyclic amines) is 1. The Morgan fingerprint density at radius 3 is 2.76 bits per heavy atom. The predicted molar refractivity (Wildman–Crippen MR) is 83.8 cm³/mol. The van der Waals surface area contributed by atoms with Crippen LogP contribution in [0.2, 0.25) is 0 Å². The van der Waals surface area contributed by atoms with Crippen LogP contribution in [-0.2, 0) is 9.59 Å². The van der Waals surface area contributed by atoms with Crippen molar-refractivity contribution < 1.29 is 9.59 Å². The van der Waals surface area contributed by atoms with E-state index in [9.17, 15) is 9.59 Å². The van der Waals surface area contributed by atoms with E-state index in [1.165, 1.54) is 4.90 Å². The summed E-state index contributed by atoms with van der Waals surface area (Å²) in [6, 6.07) is 0.278. The summed E-state index contributed by atoms with van der Waals surface area (Å²) in [4.78, 5) is 27.5. The Balaban J connectivity index is 2.42. The van der Waals surface area contributed by atoms with Crippen molar-refractivity contribution in [2.45, 2.75) is 39.2 Å². The van der Waals surface area contributed by atoms with E-state index in [1.807, 2.05) is 6.92 Å². The summed E-state index contributed by atoms with van der Waals surface area (Å²) in [5, 5.41) is 2.78. The molecule has 0 aromatic carbocycles. The maximum Gasteiger partial charge on any atom is 0.239 e. The molecule has 1 saturated heterocycles. The van der Waals surface area contributed by atoms with Crippen LogP contribution in [0.15, 0.2) is 0 Å². The number of nitrogens with zero attached hydrogens (tertiary/aromatic N) is 2. The third kappa shape index (κ3) is 6.01. The van der Waals surface area contributed by atoms with Gasteiger partial charge >= 0.3 is 0 Å². The Hall–Kier alpha value is -1.14. The van der Waals surface area contributed by atoms with Crippen LogP contribution in [0, 0.1) is 5.92 Å². The van der Waals surface area contributed by atoms with Crippen LogP contribution >= 0.6 is 0 Å². The molecule has 0 bridgehead atoms. The zero-order valence-electron chi connectivity index (χ0n) is 13.6. The molecule has 1 aliphatic heterocycles. The number of nitrogens with one attached hydrogen (secondary N) is 1. The van der Waals surface area contributed by atoms with Crippen LogP contribution in [0.3, 0.4) is 0 Å². The number of carbonyl (C=O) groups is 2. The maximum atomic E-state index is 12.2. The fourth-order valence-electron chi connectivity index (χ4n) is 2.67. The minimum absolute atomic E-state index is 0.0188. The number of piperidine rings is 1. The molecule has 0 aromatic heterocycles. The lowest BCUT2D eigenvalue weighted by molar-refractivity contribution is -0.136. The summed E-state index contributed by atoms with van der Waals surface area (Å²) in [6.07, 6.45) is 3.04. The molecule has 2 unspecified atom stereocenters. The first-order valence-corrected chi connectivity index (χ1v) is 7.92. The van der Waals surface area contributed by atoms with Crippen molar-refractivity contribution >= 4 is 11.8 Å². The number of hydrogen-bond donors (Lipinski definition) is 2. The van der Waals surface area contributed by atoms with Gasteiger partial charge in [0.2, 0.25) is 11.8 Å². The molecule has 6 nitrogen and oxygen atoms in total. The zero-order valence-corrected chi connectivity index (χ0v) is 13.6. The molecule has 3 N–H and O–H groups in total. The van der Waals surface area contributed by atoms with Gasteiger partial charge in [-0.3, -0.25) is 14.5 Å². The summed E-state index contributed by atoms with van der Waals surface area (Å²) < 4.78 is 0.